The van der Waals surface area contributed by atoms with Crippen molar-refractivity contribution in [2.24, 2.45) is 11.3 Å². The van der Waals surface area contributed by atoms with Gasteiger partial charge in [-0.1, -0.05) is 25.8 Å². The first-order chi connectivity index (χ1) is 8.55. The van der Waals surface area contributed by atoms with Crippen LogP contribution in [0, 0.1) is 17.0 Å². The number of halogens is 2. The molecule has 1 fully saturated rings. The van der Waals surface area contributed by atoms with Crippen LogP contribution in [0.15, 0.2) is 18.2 Å². The van der Waals surface area contributed by atoms with Crippen LogP contribution in [0.5, 0.6) is 0 Å². The molecule has 2 rings (SSSR count). The van der Waals surface area contributed by atoms with Crippen LogP contribution < -0.4 is 11.3 Å². The third-order valence-corrected chi connectivity index (χ3v) is 4.23. The minimum absolute atomic E-state index is 0.0277. The topological polar surface area (TPSA) is 38.0 Å². The lowest BCUT2D eigenvalue weighted by molar-refractivity contribution is 0.219. The second kappa shape index (κ2) is 5.33. The summed E-state index contributed by atoms with van der Waals surface area (Å²) in [5.41, 5.74) is 3.44. The predicted molar refractivity (Wildman–Crippen MR) is 67.7 cm³/mol. The van der Waals surface area contributed by atoms with Crippen LogP contribution in [0.25, 0.3) is 0 Å². The van der Waals surface area contributed by atoms with E-state index in [1.54, 1.807) is 0 Å². The summed E-state index contributed by atoms with van der Waals surface area (Å²) in [5.74, 6) is 4.59. The molecule has 0 aliphatic heterocycles. The van der Waals surface area contributed by atoms with Crippen molar-refractivity contribution >= 4 is 0 Å². The second-order valence-corrected chi connectivity index (χ2v) is 5.52. The molecule has 18 heavy (non-hydrogen) atoms. The first-order valence-electron chi connectivity index (χ1n) is 6.45. The van der Waals surface area contributed by atoms with Gasteiger partial charge in [0.25, 0.3) is 0 Å². The number of benzene rings is 1. The third kappa shape index (κ3) is 2.70. The van der Waals surface area contributed by atoms with Crippen molar-refractivity contribution in [1.29, 1.82) is 0 Å². The molecule has 0 bridgehead atoms. The fourth-order valence-electron chi connectivity index (χ4n) is 2.94. The summed E-state index contributed by atoms with van der Waals surface area (Å²) >= 11 is 0. The Morgan fingerprint density at radius 2 is 2.00 bits per heavy atom. The lowest BCUT2D eigenvalue weighted by Gasteiger charge is -2.33. The molecule has 1 aliphatic carbocycles. The minimum atomic E-state index is -0.541. The molecule has 2 nitrogen and oxygen atoms in total. The summed E-state index contributed by atoms with van der Waals surface area (Å²) in [4.78, 5) is 0. The molecule has 1 atom stereocenters. The van der Waals surface area contributed by atoms with Crippen LogP contribution in [0.1, 0.15) is 38.2 Å². The molecule has 0 amide bonds. The molecule has 3 N–H and O–H groups in total. The molecule has 0 aromatic heterocycles. The Labute approximate surface area is 107 Å². The average Bonchev–Trinajstić information content (AvgIpc) is 2.76. The van der Waals surface area contributed by atoms with Crippen molar-refractivity contribution in [2.75, 3.05) is 0 Å². The molecule has 100 valence electrons. The van der Waals surface area contributed by atoms with Crippen LogP contribution in [0.3, 0.4) is 0 Å². The number of hydrogen-bond acceptors (Lipinski definition) is 2. The summed E-state index contributed by atoms with van der Waals surface area (Å²) in [5, 5.41) is 0. The van der Waals surface area contributed by atoms with Crippen molar-refractivity contribution in [2.45, 2.75) is 45.1 Å². The van der Waals surface area contributed by atoms with Gasteiger partial charge in [-0.15, -0.1) is 0 Å². The highest BCUT2D eigenvalue weighted by Gasteiger charge is 2.36. The molecule has 1 aliphatic rings. The lowest BCUT2D eigenvalue weighted by atomic mass is 9.78. The Bertz CT molecular complexity index is 414. The highest BCUT2D eigenvalue weighted by Crippen LogP contribution is 2.41. The molecule has 0 spiro atoms. The van der Waals surface area contributed by atoms with Crippen molar-refractivity contribution in [3.05, 3.63) is 35.4 Å². The van der Waals surface area contributed by atoms with Crippen molar-refractivity contribution in [3.63, 3.8) is 0 Å². The van der Waals surface area contributed by atoms with Gasteiger partial charge in [0.2, 0.25) is 0 Å². The van der Waals surface area contributed by atoms with E-state index in [0.717, 1.165) is 18.9 Å². The summed E-state index contributed by atoms with van der Waals surface area (Å²) in [7, 11) is 0. The molecule has 0 radical (unpaired) electrons. The quantitative estimate of drug-likeness (QED) is 0.640. The van der Waals surface area contributed by atoms with Gasteiger partial charge >= 0.3 is 0 Å². The van der Waals surface area contributed by atoms with Crippen LogP contribution in [0.4, 0.5) is 8.78 Å². The SMILES string of the molecule is CC1(C(Cc2ccc(F)cc2F)NN)CCCC1. The number of nitrogens with two attached hydrogens (primary N) is 1. The highest BCUT2D eigenvalue weighted by molar-refractivity contribution is 5.20. The Morgan fingerprint density at radius 1 is 1.33 bits per heavy atom. The predicted octanol–water partition coefficient (Wildman–Crippen LogP) is 2.92. The first kappa shape index (κ1) is 13.4. The van der Waals surface area contributed by atoms with E-state index in [0.29, 0.717) is 12.0 Å². The maximum atomic E-state index is 13.7. The Hall–Kier alpha value is -1.00. The van der Waals surface area contributed by atoms with Crippen LogP contribution in [-0.2, 0) is 6.42 Å². The average molecular weight is 254 g/mol. The molecule has 0 heterocycles. The fraction of sp³-hybridized carbons (Fsp3) is 0.571. The molecule has 0 saturated heterocycles. The maximum Gasteiger partial charge on any atom is 0.129 e. The molecule has 1 aromatic rings. The fourth-order valence-corrected chi connectivity index (χ4v) is 2.94. The van der Waals surface area contributed by atoms with E-state index < -0.39 is 11.6 Å². The van der Waals surface area contributed by atoms with Gasteiger partial charge in [0.15, 0.2) is 0 Å². The molecule has 1 saturated carbocycles. The van der Waals surface area contributed by atoms with E-state index in [2.05, 4.69) is 12.3 Å². The van der Waals surface area contributed by atoms with E-state index in [1.165, 1.54) is 25.0 Å². The smallest absolute Gasteiger partial charge is 0.129 e. The molecule has 1 aromatic carbocycles. The zero-order valence-electron chi connectivity index (χ0n) is 10.7. The molecular weight excluding hydrogens is 234 g/mol. The standard InChI is InChI=1S/C14H20F2N2/c1-14(6-2-3-7-14)13(18-17)8-10-4-5-11(15)9-12(10)16/h4-5,9,13,18H,2-3,6-8,17H2,1H3. The third-order valence-electron chi connectivity index (χ3n) is 4.23. The van der Waals surface area contributed by atoms with Crippen molar-refractivity contribution < 1.29 is 8.78 Å². The molecule has 1 unspecified atom stereocenters. The van der Waals surface area contributed by atoms with Crippen LogP contribution >= 0.6 is 0 Å². The van der Waals surface area contributed by atoms with Gasteiger partial charge in [-0.05, 0) is 36.3 Å². The van der Waals surface area contributed by atoms with Gasteiger partial charge in [0, 0.05) is 12.1 Å². The number of nitrogens with one attached hydrogen (secondary N) is 1. The van der Waals surface area contributed by atoms with E-state index in [-0.39, 0.29) is 11.5 Å². The van der Waals surface area contributed by atoms with Crippen LogP contribution in [-0.4, -0.2) is 6.04 Å². The number of hydrazine groups is 1. The largest absolute Gasteiger partial charge is 0.271 e. The summed E-state index contributed by atoms with van der Waals surface area (Å²) in [6.45, 7) is 2.19. The van der Waals surface area contributed by atoms with Gasteiger partial charge in [-0.3, -0.25) is 11.3 Å². The minimum Gasteiger partial charge on any atom is -0.271 e. The van der Waals surface area contributed by atoms with Gasteiger partial charge in [0.1, 0.15) is 11.6 Å². The zero-order valence-corrected chi connectivity index (χ0v) is 10.7. The Balaban J connectivity index is 2.15. The Kier molecular flexibility index (Phi) is 3.97. The van der Waals surface area contributed by atoms with Gasteiger partial charge in [-0.2, -0.15) is 0 Å². The van der Waals surface area contributed by atoms with E-state index >= 15 is 0 Å². The van der Waals surface area contributed by atoms with Gasteiger partial charge < -0.3 is 0 Å². The van der Waals surface area contributed by atoms with Crippen molar-refractivity contribution in [1.82, 2.24) is 5.43 Å². The van der Waals surface area contributed by atoms with Gasteiger partial charge in [0.05, 0.1) is 0 Å². The monoisotopic (exact) mass is 254 g/mol. The normalized spacial score (nSPS) is 20.0. The number of rotatable bonds is 4. The van der Waals surface area contributed by atoms with Crippen molar-refractivity contribution in [3.8, 4) is 0 Å². The number of hydrogen-bond donors (Lipinski definition) is 2. The zero-order chi connectivity index (χ0) is 13.2. The van der Waals surface area contributed by atoms with Crippen LogP contribution in [0.2, 0.25) is 0 Å². The first-order valence-corrected chi connectivity index (χ1v) is 6.45. The summed E-state index contributed by atoms with van der Waals surface area (Å²) in [6.07, 6.45) is 5.09. The van der Waals surface area contributed by atoms with E-state index in [4.69, 9.17) is 5.84 Å². The second-order valence-electron chi connectivity index (χ2n) is 5.52. The molecule has 4 heteroatoms. The summed E-state index contributed by atoms with van der Waals surface area (Å²) < 4.78 is 26.5. The van der Waals surface area contributed by atoms with E-state index in [1.807, 2.05) is 0 Å². The molecular formula is C14H20F2N2. The van der Waals surface area contributed by atoms with Gasteiger partial charge in [-0.25, -0.2) is 8.78 Å². The lowest BCUT2D eigenvalue weighted by Crippen LogP contribution is -2.47. The summed E-state index contributed by atoms with van der Waals surface area (Å²) in [6, 6.07) is 3.76. The highest BCUT2D eigenvalue weighted by atomic mass is 19.1. The van der Waals surface area contributed by atoms with E-state index in [9.17, 15) is 8.78 Å². The Morgan fingerprint density at radius 3 is 2.56 bits per heavy atom. The maximum absolute atomic E-state index is 13.7.